The van der Waals surface area contributed by atoms with Crippen molar-refractivity contribution in [1.82, 2.24) is 5.43 Å². The van der Waals surface area contributed by atoms with Crippen molar-refractivity contribution in [2.75, 3.05) is 6.61 Å². The van der Waals surface area contributed by atoms with Gasteiger partial charge in [0, 0.05) is 22.2 Å². The molecule has 0 aliphatic heterocycles. The number of nitro groups is 1. The zero-order chi connectivity index (χ0) is 18.2. The van der Waals surface area contributed by atoms with Gasteiger partial charge in [0.25, 0.3) is 5.69 Å². The van der Waals surface area contributed by atoms with Gasteiger partial charge in [0.05, 0.1) is 24.2 Å². The molecule has 0 atom stereocenters. The summed E-state index contributed by atoms with van der Waals surface area (Å²) < 4.78 is 5.45. The Balaban J connectivity index is 2.04. The number of benzene rings is 2. The van der Waals surface area contributed by atoms with Crippen molar-refractivity contribution in [3.63, 3.8) is 0 Å². The average molecular weight is 362 g/mol. The van der Waals surface area contributed by atoms with Crippen molar-refractivity contribution in [2.45, 2.75) is 13.3 Å². The second-order valence-electron chi connectivity index (χ2n) is 4.97. The van der Waals surface area contributed by atoms with Crippen molar-refractivity contribution >= 4 is 29.4 Å². The Hall–Kier alpha value is -2.93. The van der Waals surface area contributed by atoms with Crippen molar-refractivity contribution in [3.05, 3.63) is 68.7 Å². The van der Waals surface area contributed by atoms with E-state index in [0.717, 1.165) is 0 Å². The van der Waals surface area contributed by atoms with Crippen LogP contribution in [0.4, 0.5) is 5.69 Å². The molecule has 0 saturated heterocycles. The predicted molar refractivity (Wildman–Crippen MR) is 95.2 cm³/mol. The maximum atomic E-state index is 12.0. The number of hydrogen-bond acceptors (Lipinski definition) is 5. The van der Waals surface area contributed by atoms with Crippen LogP contribution in [0.2, 0.25) is 5.02 Å². The van der Waals surface area contributed by atoms with Crippen molar-refractivity contribution < 1.29 is 14.5 Å². The van der Waals surface area contributed by atoms with E-state index in [1.165, 1.54) is 18.3 Å². The third kappa shape index (κ3) is 5.29. The molecule has 0 heterocycles. The quantitative estimate of drug-likeness (QED) is 0.465. The van der Waals surface area contributed by atoms with E-state index in [2.05, 4.69) is 10.5 Å². The first kappa shape index (κ1) is 18.4. The number of halogens is 1. The third-order valence-corrected chi connectivity index (χ3v) is 3.44. The summed E-state index contributed by atoms with van der Waals surface area (Å²) in [6.45, 7) is 2.33. The summed E-state index contributed by atoms with van der Waals surface area (Å²) >= 11 is 5.94. The molecule has 8 heteroatoms. The molecule has 0 aliphatic rings. The Labute approximate surface area is 149 Å². The Bertz CT molecular complexity index is 808. The van der Waals surface area contributed by atoms with Crippen LogP contribution in [0.25, 0.3) is 0 Å². The van der Waals surface area contributed by atoms with Gasteiger partial charge in [-0.05, 0) is 25.1 Å². The number of para-hydroxylation sites is 1. The van der Waals surface area contributed by atoms with E-state index in [-0.39, 0.29) is 12.1 Å². The molecule has 0 spiro atoms. The second kappa shape index (κ2) is 8.79. The van der Waals surface area contributed by atoms with Crippen LogP contribution in [-0.2, 0) is 11.2 Å². The number of hydrogen-bond donors (Lipinski definition) is 1. The van der Waals surface area contributed by atoms with E-state index in [9.17, 15) is 14.9 Å². The molecular formula is C17H16ClN3O4. The molecule has 1 amide bonds. The number of carbonyl (C=O) groups is 1. The fraction of sp³-hybridized carbons (Fsp3) is 0.176. The lowest BCUT2D eigenvalue weighted by Gasteiger charge is -2.07. The Morgan fingerprint density at radius 3 is 2.84 bits per heavy atom. The van der Waals surface area contributed by atoms with Gasteiger partial charge in [-0.15, -0.1) is 0 Å². The number of ether oxygens (including phenoxy) is 1. The van der Waals surface area contributed by atoms with Gasteiger partial charge in [-0.1, -0.05) is 29.8 Å². The van der Waals surface area contributed by atoms with Gasteiger partial charge < -0.3 is 4.74 Å². The van der Waals surface area contributed by atoms with Gasteiger partial charge in [0.15, 0.2) is 0 Å². The third-order valence-electron chi connectivity index (χ3n) is 3.20. The second-order valence-corrected chi connectivity index (χ2v) is 5.41. The van der Waals surface area contributed by atoms with Crippen molar-refractivity contribution in [3.8, 4) is 5.75 Å². The van der Waals surface area contributed by atoms with Gasteiger partial charge >= 0.3 is 0 Å². The highest BCUT2D eigenvalue weighted by molar-refractivity contribution is 6.30. The zero-order valence-corrected chi connectivity index (χ0v) is 14.2. The first-order valence-electron chi connectivity index (χ1n) is 7.47. The summed E-state index contributed by atoms with van der Waals surface area (Å²) in [7, 11) is 0. The maximum Gasteiger partial charge on any atom is 0.273 e. The Morgan fingerprint density at radius 1 is 1.36 bits per heavy atom. The average Bonchev–Trinajstić information content (AvgIpc) is 2.57. The highest BCUT2D eigenvalue weighted by atomic mass is 35.5. The van der Waals surface area contributed by atoms with Crippen LogP contribution < -0.4 is 10.2 Å². The first-order valence-corrected chi connectivity index (χ1v) is 7.85. The largest absolute Gasteiger partial charge is 0.493 e. The SMILES string of the molecule is CCOc1ccc(Cl)cc1C=NNC(=O)Cc1ccccc1[N+](=O)[O-]. The van der Waals surface area contributed by atoms with Crippen LogP contribution in [0.15, 0.2) is 47.6 Å². The van der Waals surface area contributed by atoms with E-state index in [4.69, 9.17) is 16.3 Å². The summed E-state index contributed by atoms with van der Waals surface area (Å²) in [6, 6.07) is 11.1. The number of hydrazone groups is 1. The number of rotatable bonds is 7. The summed E-state index contributed by atoms with van der Waals surface area (Å²) in [5, 5.41) is 15.3. The van der Waals surface area contributed by atoms with Crippen LogP contribution in [0, 0.1) is 10.1 Å². The lowest BCUT2D eigenvalue weighted by Crippen LogP contribution is -2.20. The number of nitrogens with zero attached hydrogens (tertiary/aromatic N) is 2. The van der Waals surface area contributed by atoms with E-state index < -0.39 is 10.8 Å². The number of nitro benzene ring substituents is 1. The molecule has 2 aromatic carbocycles. The highest BCUT2D eigenvalue weighted by Crippen LogP contribution is 2.21. The van der Waals surface area contributed by atoms with Crippen LogP contribution in [0.5, 0.6) is 5.75 Å². The minimum atomic E-state index is -0.522. The van der Waals surface area contributed by atoms with Crippen molar-refractivity contribution in [2.24, 2.45) is 5.10 Å². The Morgan fingerprint density at radius 2 is 2.12 bits per heavy atom. The van der Waals surface area contributed by atoms with E-state index >= 15 is 0 Å². The molecule has 0 radical (unpaired) electrons. The van der Waals surface area contributed by atoms with Gasteiger partial charge in [0.2, 0.25) is 5.91 Å². The van der Waals surface area contributed by atoms with Crippen LogP contribution >= 0.6 is 11.6 Å². The number of amides is 1. The minimum absolute atomic E-state index is 0.102. The zero-order valence-electron chi connectivity index (χ0n) is 13.4. The molecule has 0 aromatic heterocycles. The predicted octanol–water partition coefficient (Wildman–Crippen LogP) is 3.34. The molecule has 0 fully saturated rings. The first-order chi connectivity index (χ1) is 12.0. The number of nitrogens with one attached hydrogen (secondary N) is 1. The Kier molecular flexibility index (Phi) is 6.47. The monoisotopic (exact) mass is 361 g/mol. The standard InChI is InChI=1S/C17H16ClN3O4/c1-2-25-16-8-7-14(18)9-13(16)11-19-20-17(22)10-12-5-3-4-6-15(12)21(23)24/h3-9,11H,2,10H2,1H3,(H,20,22). The van der Waals surface area contributed by atoms with E-state index in [0.29, 0.717) is 28.5 Å². The van der Waals surface area contributed by atoms with Gasteiger partial charge in [-0.25, -0.2) is 5.43 Å². The van der Waals surface area contributed by atoms with Gasteiger partial charge in [0.1, 0.15) is 5.75 Å². The molecule has 25 heavy (non-hydrogen) atoms. The lowest BCUT2D eigenvalue weighted by atomic mass is 10.1. The number of carbonyl (C=O) groups excluding carboxylic acids is 1. The van der Waals surface area contributed by atoms with E-state index in [1.54, 1.807) is 30.3 Å². The van der Waals surface area contributed by atoms with Crippen molar-refractivity contribution in [1.29, 1.82) is 0 Å². The van der Waals surface area contributed by atoms with E-state index in [1.807, 2.05) is 6.92 Å². The van der Waals surface area contributed by atoms with Gasteiger partial charge in [-0.3, -0.25) is 14.9 Å². The molecule has 0 unspecified atom stereocenters. The molecule has 2 rings (SSSR count). The molecule has 0 aliphatic carbocycles. The lowest BCUT2D eigenvalue weighted by molar-refractivity contribution is -0.385. The summed E-state index contributed by atoms with van der Waals surface area (Å²) in [5.41, 5.74) is 3.17. The normalized spacial score (nSPS) is 10.6. The molecule has 0 bridgehead atoms. The smallest absolute Gasteiger partial charge is 0.273 e. The fourth-order valence-electron chi connectivity index (χ4n) is 2.13. The highest BCUT2D eigenvalue weighted by Gasteiger charge is 2.15. The molecule has 1 N–H and O–H groups in total. The maximum absolute atomic E-state index is 12.0. The van der Waals surface area contributed by atoms with Crippen LogP contribution in [0.1, 0.15) is 18.1 Å². The molecular weight excluding hydrogens is 346 g/mol. The minimum Gasteiger partial charge on any atom is -0.493 e. The molecule has 7 nitrogen and oxygen atoms in total. The molecule has 0 saturated carbocycles. The van der Waals surface area contributed by atoms with Crippen LogP contribution in [0.3, 0.4) is 0 Å². The summed E-state index contributed by atoms with van der Waals surface area (Å²) in [4.78, 5) is 22.4. The molecule has 130 valence electrons. The summed E-state index contributed by atoms with van der Waals surface area (Å²) in [6.07, 6.45) is 1.26. The van der Waals surface area contributed by atoms with Gasteiger partial charge in [-0.2, -0.15) is 5.10 Å². The summed E-state index contributed by atoms with van der Waals surface area (Å²) in [5.74, 6) is 0.120. The van der Waals surface area contributed by atoms with Crippen LogP contribution in [-0.4, -0.2) is 23.7 Å². The fourth-order valence-corrected chi connectivity index (χ4v) is 2.31. The topological polar surface area (TPSA) is 93.8 Å². The molecule has 2 aromatic rings.